The predicted molar refractivity (Wildman–Crippen MR) is 96.5 cm³/mol. The maximum absolute atomic E-state index is 11.7. The minimum Gasteiger partial charge on any atom is -0.454 e. The molecule has 2 aromatic heterocycles. The van der Waals surface area contributed by atoms with Crippen molar-refractivity contribution in [1.29, 1.82) is 0 Å². The average molecular weight is 388 g/mol. The summed E-state index contributed by atoms with van der Waals surface area (Å²) >= 11 is 3.55. The summed E-state index contributed by atoms with van der Waals surface area (Å²) < 4.78 is 8.60. The molecule has 0 atom stereocenters. The van der Waals surface area contributed by atoms with Crippen LogP contribution in [0.1, 0.15) is 24.6 Å². The highest BCUT2D eigenvalue weighted by Crippen LogP contribution is 2.35. The van der Waals surface area contributed by atoms with Crippen molar-refractivity contribution in [3.63, 3.8) is 0 Å². The lowest BCUT2D eigenvalue weighted by Gasteiger charge is -2.12. The van der Waals surface area contributed by atoms with Gasteiger partial charge >= 0.3 is 0 Å². The molecule has 0 unspecified atom stereocenters. The van der Waals surface area contributed by atoms with E-state index in [0.29, 0.717) is 12.2 Å². The van der Waals surface area contributed by atoms with Crippen LogP contribution >= 0.6 is 15.9 Å². The fourth-order valence-electron chi connectivity index (χ4n) is 2.51. The lowest BCUT2D eigenvalue weighted by atomic mass is 10.2. The van der Waals surface area contributed by atoms with Crippen molar-refractivity contribution < 1.29 is 9.53 Å². The van der Waals surface area contributed by atoms with Crippen LogP contribution in [0.25, 0.3) is 10.9 Å². The lowest BCUT2D eigenvalue weighted by Crippen LogP contribution is -2.09. The number of fused-ring (bicyclic) bond motifs is 1. The van der Waals surface area contributed by atoms with Gasteiger partial charge in [0.1, 0.15) is 12.3 Å². The molecule has 0 aliphatic heterocycles. The summed E-state index contributed by atoms with van der Waals surface area (Å²) in [5.41, 5.74) is 2.76. The van der Waals surface area contributed by atoms with Crippen LogP contribution in [0.2, 0.25) is 0 Å². The Balaban J connectivity index is 1.99. The van der Waals surface area contributed by atoms with Gasteiger partial charge in [-0.05, 0) is 53.5 Å². The molecule has 0 saturated carbocycles. The van der Waals surface area contributed by atoms with Crippen LogP contribution in [-0.4, -0.2) is 20.5 Å². The van der Waals surface area contributed by atoms with Gasteiger partial charge in [0.25, 0.3) is 0 Å². The molecule has 0 bridgehead atoms. The molecule has 3 rings (SSSR count). The third-order valence-corrected chi connectivity index (χ3v) is 4.53. The minimum atomic E-state index is 0.151. The Morgan fingerprint density at radius 2 is 2.12 bits per heavy atom. The smallest absolute Gasteiger partial charge is 0.154 e. The van der Waals surface area contributed by atoms with Gasteiger partial charge in [-0.1, -0.05) is 6.92 Å². The van der Waals surface area contributed by atoms with E-state index in [0.717, 1.165) is 32.4 Å². The van der Waals surface area contributed by atoms with E-state index in [2.05, 4.69) is 26.0 Å². The summed E-state index contributed by atoms with van der Waals surface area (Å²) in [7, 11) is 0. The molecule has 2 heterocycles. The Kier molecular flexibility index (Phi) is 4.66. The van der Waals surface area contributed by atoms with Gasteiger partial charge < -0.3 is 4.74 Å². The molecule has 0 amide bonds. The fourth-order valence-corrected chi connectivity index (χ4v) is 2.92. The molecule has 0 spiro atoms. The van der Waals surface area contributed by atoms with Crippen LogP contribution in [0.5, 0.6) is 11.5 Å². The number of pyridine rings is 1. The molecule has 24 heavy (non-hydrogen) atoms. The molecular weight excluding hydrogens is 370 g/mol. The molecule has 3 aromatic rings. The van der Waals surface area contributed by atoms with Crippen molar-refractivity contribution in [3.05, 3.63) is 46.3 Å². The van der Waals surface area contributed by atoms with Crippen LogP contribution in [-0.2, 0) is 11.3 Å². The van der Waals surface area contributed by atoms with Gasteiger partial charge in [-0.15, -0.1) is 0 Å². The van der Waals surface area contributed by atoms with Gasteiger partial charge in [0, 0.05) is 18.0 Å². The predicted octanol–water partition coefficient (Wildman–Crippen LogP) is 4.58. The van der Waals surface area contributed by atoms with Gasteiger partial charge in [0.15, 0.2) is 11.5 Å². The van der Waals surface area contributed by atoms with Crippen LogP contribution in [0.3, 0.4) is 0 Å². The van der Waals surface area contributed by atoms with E-state index in [1.807, 2.05) is 39.0 Å². The second-order valence-corrected chi connectivity index (χ2v) is 6.53. The summed E-state index contributed by atoms with van der Waals surface area (Å²) in [5.74, 6) is 1.60. The van der Waals surface area contributed by atoms with Crippen molar-refractivity contribution >= 4 is 32.6 Å². The number of ether oxygens (including phenoxy) is 1. The number of benzene rings is 1. The second-order valence-electron chi connectivity index (χ2n) is 5.68. The monoisotopic (exact) mass is 387 g/mol. The molecule has 0 aliphatic rings. The number of carbonyl (C=O) groups excluding carboxylic acids is 1. The molecule has 6 heteroatoms. The maximum atomic E-state index is 11.7. The number of hydrogen-bond acceptors (Lipinski definition) is 4. The first-order valence-electron chi connectivity index (χ1n) is 7.76. The molecular formula is C18H18BrN3O2. The zero-order valence-electron chi connectivity index (χ0n) is 13.8. The largest absolute Gasteiger partial charge is 0.454 e. The van der Waals surface area contributed by atoms with Crippen molar-refractivity contribution in [2.45, 2.75) is 33.7 Å². The Labute approximate surface area is 148 Å². The average Bonchev–Trinajstić information content (AvgIpc) is 2.93. The van der Waals surface area contributed by atoms with Crippen molar-refractivity contribution in [2.75, 3.05) is 0 Å². The van der Waals surface area contributed by atoms with Gasteiger partial charge in [-0.2, -0.15) is 5.10 Å². The standard InChI is InChI=1S/C18H18BrN3O2/c1-4-14(23)10-22-16-8-15(19)17(7-13(16)9-21-22)24-18-11(2)5-6-20-12(18)3/h5-9H,4,10H2,1-3H3. The number of carbonyl (C=O) groups is 1. The highest BCUT2D eigenvalue weighted by molar-refractivity contribution is 9.10. The Hall–Kier alpha value is -2.21. The first-order chi connectivity index (χ1) is 11.5. The molecule has 0 saturated heterocycles. The minimum absolute atomic E-state index is 0.151. The third kappa shape index (κ3) is 3.19. The second kappa shape index (κ2) is 6.73. The first kappa shape index (κ1) is 16.6. The normalized spacial score (nSPS) is 11.0. The Morgan fingerprint density at radius 3 is 2.83 bits per heavy atom. The zero-order chi connectivity index (χ0) is 17.3. The number of nitrogens with zero attached hydrogens (tertiary/aromatic N) is 3. The maximum Gasteiger partial charge on any atom is 0.154 e. The fraction of sp³-hybridized carbons (Fsp3) is 0.278. The van der Waals surface area contributed by atoms with Crippen LogP contribution in [0, 0.1) is 13.8 Å². The molecule has 0 radical (unpaired) electrons. The number of aromatic nitrogens is 3. The summed E-state index contributed by atoms with van der Waals surface area (Å²) in [5, 5.41) is 5.24. The topological polar surface area (TPSA) is 57.0 Å². The number of hydrogen-bond donors (Lipinski definition) is 0. The number of rotatable bonds is 5. The van der Waals surface area contributed by atoms with Crippen molar-refractivity contribution in [2.24, 2.45) is 0 Å². The van der Waals surface area contributed by atoms with Crippen LogP contribution in [0.15, 0.2) is 35.1 Å². The van der Waals surface area contributed by atoms with E-state index >= 15 is 0 Å². The van der Waals surface area contributed by atoms with Crippen molar-refractivity contribution in [3.8, 4) is 11.5 Å². The molecule has 5 nitrogen and oxygen atoms in total. The molecule has 0 fully saturated rings. The van der Waals surface area contributed by atoms with Crippen LogP contribution in [0.4, 0.5) is 0 Å². The van der Waals surface area contributed by atoms with E-state index in [-0.39, 0.29) is 12.3 Å². The highest BCUT2D eigenvalue weighted by Gasteiger charge is 2.13. The molecule has 1 aromatic carbocycles. The molecule has 0 aliphatic carbocycles. The summed E-state index contributed by atoms with van der Waals surface area (Å²) in [6, 6.07) is 5.77. The van der Waals surface area contributed by atoms with E-state index in [4.69, 9.17) is 4.74 Å². The number of halogens is 1. The highest BCUT2D eigenvalue weighted by atomic mass is 79.9. The van der Waals surface area contributed by atoms with Gasteiger partial charge in [0.2, 0.25) is 0 Å². The SMILES string of the molecule is CCC(=O)Cn1ncc2cc(Oc3c(C)ccnc3C)c(Br)cc21. The van der Waals surface area contributed by atoms with Gasteiger partial charge in [-0.25, -0.2) is 0 Å². The summed E-state index contributed by atoms with van der Waals surface area (Å²) in [6.07, 6.45) is 4.02. The van der Waals surface area contributed by atoms with E-state index in [9.17, 15) is 4.79 Å². The Morgan fingerprint density at radius 1 is 1.33 bits per heavy atom. The van der Waals surface area contributed by atoms with Crippen LogP contribution < -0.4 is 4.74 Å². The van der Waals surface area contributed by atoms with E-state index < -0.39 is 0 Å². The van der Waals surface area contributed by atoms with Crippen molar-refractivity contribution in [1.82, 2.24) is 14.8 Å². The first-order valence-corrected chi connectivity index (χ1v) is 8.55. The van der Waals surface area contributed by atoms with Gasteiger partial charge in [-0.3, -0.25) is 14.5 Å². The van der Waals surface area contributed by atoms with Gasteiger partial charge in [0.05, 0.1) is 21.9 Å². The van der Waals surface area contributed by atoms with E-state index in [1.165, 1.54) is 0 Å². The summed E-state index contributed by atoms with van der Waals surface area (Å²) in [4.78, 5) is 16.0. The molecule has 124 valence electrons. The number of ketones is 1. The lowest BCUT2D eigenvalue weighted by molar-refractivity contribution is -0.119. The summed E-state index contributed by atoms with van der Waals surface area (Å²) in [6.45, 7) is 6.05. The Bertz CT molecular complexity index is 898. The third-order valence-electron chi connectivity index (χ3n) is 3.91. The number of Topliss-reactive ketones (excluding diaryl/α,β-unsaturated/α-hetero) is 1. The van der Waals surface area contributed by atoms with E-state index in [1.54, 1.807) is 17.1 Å². The number of aryl methyl sites for hydroxylation is 2. The molecule has 0 N–H and O–H groups in total. The zero-order valence-corrected chi connectivity index (χ0v) is 15.4. The quantitative estimate of drug-likeness (QED) is 0.642.